The smallest absolute Gasteiger partial charge is 0.380 e. The van der Waals surface area contributed by atoms with Gasteiger partial charge in [-0.1, -0.05) is 36.4 Å². The number of benzene rings is 2. The van der Waals surface area contributed by atoms with E-state index in [1.807, 2.05) is 0 Å². The molecule has 4 rings (SSSR count). The third kappa shape index (κ3) is 5.91. The number of aldehydes is 1. The van der Waals surface area contributed by atoms with Gasteiger partial charge in [0.2, 0.25) is 19.7 Å². The van der Waals surface area contributed by atoms with Crippen LogP contribution < -0.4 is 4.84 Å². The molecule has 0 atom stereocenters. The first-order valence-corrected chi connectivity index (χ1v) is 16.4. The second-order valence-electron chi connectivity index (χ2n) is 9.38. The molecule has 1 N–H and O–H groups in total. The van der Waals surface area contributed by atoms with Gasteiger partial charge >= 0.3 is 17.9 Å². The molecule has 0 saturated carbocycles. The van der Waals surface area contributed by atoms with Gasteiger partial charge in [-0.3, -0.25) is 4.79 Å². The standard InChI is InChI=1S/C30H28N2O11S2/c1-5-41-29(35)24-19(4)27(45(39,40)21-15-11-8-12-16-21)25(30(36)42-6-2)32(24)43-28(34)23-18(3)26(22(17-33)31-23)44(37,38)20-13-9-7-10-14-20/h7-17,31H,5-6H2,1-4H3. The quantitative estimate of drug-likeness (QED) is 0.184. The van der Waals surface area contributed by atoms with Gasteiger partial charge in [0.1, 0.15) is 15.5 Å². The van der Waals surface area contributed by atoms with Gasteiger partial charge in [0.15, 0.2) is 17.7 Å². The Balaban J connectivity index is 1.97. The summed E-state index contributed by atoms with van der Waals surface area (Å²) >= 11 is 0. The zero-order valence-corrected chi connectivity index (χ0v) is 26.2. The number of esters is 2. The van der Waals surface area contributed by atoms with Crippen LogP contribution in [0.3, 0.4) is 0 Å². The molecule has 0 saturated heterocycles. The number of hydrogen-bond acceptors (Lipinski definition) is 11. The number of hydrogen-bond donors (Lipinski definition) is 1. The Bertz CT molecular complexity index is 2010. The number of aromatic nitrogens is 2. The topological polar surface area (TPSA) is 185 Å². The maximum absolute atomic E-state index is 13.8. The van der Waals surface area contributed by atoms with Crippen molar-refractivity contribution in [2.75, 3.05) is 13.2 Å². The lowest BCUT2D eigenvalue weighted by molar-refractivity contribution is 0.0314. The van der Waals surface area contributed by atoms with Crippen LogP contribution in [0.15, 0.2) is 80.2 Å². The van der Waals surface area contributed by atoms with Crippen molar-refractivity contribution in [1.82, 2.24) is 9.71 Å². The first kappa shape index (κ1) is 32.9. The molecule has 4 aromatic rings. The van der Waals surface area contributed by atoms with Gasteiger partial charge in [-0.2, -0.15) is 4.73 Å². The normalized spacial score (nSPS) is 11.6. The van der Waals surface area contributed by atoms with E-state index in [0.717, 1.165) is 0 Å². The molecule has 2 aromatic heterocycles. The van der Waals surface area contributed by atoms with Crippen molar-refractivity contribution in [2.45, 2.75) is 47.3 Å². The second-order valence-corrected chi connectivity index (χ2v) is 13.2. The Morgan fingerprint density at radius 3 is 1.64 bits per heavy atom. The highest BCUT2D eigenvalue weighted by molar-refractivity contribution is 7.92. The molecule has 0 radical (unpaired) electrons. The Morgan fingerprint density at radius 2 is 1.18 bits per heavy atom. The van der Waals surface area contributed by atoms with Crippen LogP contribution in [0.4, 0.5) is 0 Å². The van der Waals surface area contributed by atoms with Gasteiger partial charge in [0, 0.05) is 11.1 Å². The molecule has 236 valence electrons. The minimum atomic E-state index is -4.53. The summed E-state index contributed by atoms with van der Waals surface area (Å²) in [6.07, 6.45) is 0.206. The molecule has 0 fully saturated rings. The molecule has 2 aromatic carbocycles. The highest BCUT2D eigenvalue weighted by Crippen LogP contribution is 2.34. The third-order valence-corrected chi connectivity index (χ3v) is 10.5. The summed E-state index contributed by atoms with van der Waals surface area (Å²) in [5.74, 6) is -3.74. The van der Waals surface area contributed by atoms with Gasteiger partial charge in [-0.25, -0.2) is 31.2 Å². The minimum absolute atomic E-state index is 0.152. The first-order chi connectivity index (χ1) is 21.3. The van der Waals surface area contributed by atoms with Crippen LogP contribution in [0.5, 0.6) is 0 Å². The highest BCUT2D eigenvalue weighted by atomic mass is 32.2. The number of aromatic amines is 1. The van der Waals surface area contributed by atoms with Crippen molar-refractivity contribution in [3.63, 3.8) is 0 Å². The van der Waals surface area contributed by atoms with Crippen LogP contribution in [0, 0.1) is 13.8 Å². The second kappa shape index (κ2) is 12.9. The molecule has 0 aliphatic carbocycles. The maximum Gasteiger partial charge on any atom is 0.380 e. The molecule has 0 aliphatic heterocycles. The molecular formula is C30H28N2O11S2. The number of ether oxygens (including phenoxy) is 2. The number of carbonyl (C=O) groups is 4. The van der Waals surface area contributed by atoms with Gasteiger partial charge in [-0.15, -0.1) is 0 Å². The molecule has 0 spiro atoms. The molecular weight excluding hydrogens is 628 g/mol. The van der Waals surface area contributed by atoms with Gasteiger partial charge in [0.25, 0.3) is 0 Å². The fraction of sp³-hybridized carbons (Fsp3) is 0.200. The molecule has 0 aliphatic rings. The van der Waals surface area contributed by atoms with Crippen LogP contribution in [0.2, 0.25) is 0 Å². The van der Waals surface area contributed by atoms with Gasteiger partial charge in [-0.05, 0) is 52.0 Å². The van der Waals surface area contributed by atoms with E-state index in [1.165, 1.54) is 76.2 Å². The van der Waals surface area contributed by atoms with Crippen molar-refractivity contribution in [3.05, 3.63) is 94.6 Å². The third-order valence-electron chi connectivity index (χ3n) is 6.62. The zero-order valence-electron chi connectivity index (χ0n) is 24.5. The summed E-state index contributed by atoms with van der Waals surface area (Å²) < 4.78 is 65.1. The Kier molecular flexibility index (Phi) is 9.44. The van der Waals surface area contributed by atoms with Crippen molar-refractivity contribution < 1.29 is 50.3 Å². The molecule has 0 amide bonds. The Hall–Kier alpha value is -5.02. The molecule has 45 heavy (non-hydrogen) atoms. The SMILES string of the molecule is CCOC(=O)c1c(C)c(S(=O)(=O)c2ccccc2)c(C(=O)OCC)n1OC(=O)c1[nH]c(C=O)c(S(=O)(=O)c2ccccc2)c1C. The number of sulfone groups is 2. The van der Waals surface area contributed by atoms with Crippen LogP contribution in [-0.2, 0) is 29.1 Å². The van der Waals surface area contributed by atoms with E-state index < -0.39 is 70.1 Å². The number of rotatable bonds is 11. The van der Waals surface area contributed by atoms with E-state index in [0.29, 0.717) is 4.73 Å². The lowest BCUT2D eigenvalue weighted by Gasteiger charge is -2.13. The summed E-state index contributed by atoms with van der Waals surface area (Å²) in [4.78, 5) is 58.4. The minimum Gasteiger partial charge on any atom is -0.461 e. The highest BCUT2D eigenvalue weighted by Gasteiger charge is 2.40. The Labute approximate surface area is 258 Å². The molecule has 0 unspecified atom stereocenters. The molecule has 15 heteroatoms. The summed E-state index contributed by atoms with van der Waals surface area (Å²) in [6.45, 7) is 5.05. The average Bonchev–Trinajstić information content (AvgIpc) is 3.52. The zero-order chi connectivity index (χ0) is 33.1. The lowest BCUT2D eigenvalue weighted by Crippen LogP contribution is -2.29. The Morgan fingerprint density at radius 1 is 0.711 bits per heavy atom. The largest absolute Gasteiger partial charge is 0.461 e. The van der Waals surface area contributed by atoms with Crippen LogP contribution in [0.1, 0.15) is 66.9 Å². The number of nitrogens with one attached hydrogen (secondary N) is 1. The molecule has 13 nitrogen and oxygen atoms in total. The average molecular weight is 657 g/mol. The summed E-state index contributed by atoms with van der Waals surface area (Å²) in [7, 11) is -8.85. The number of H-pyrrole nitrogens is 1. The van der Waals surface area contributed by atoms with Gasteiger partial charge in [0.05, 0.1) is 28.7 Å². The van der Waals surface area contributed by atoms with Crippen LogP contribution in [-0.4, -0.2) is 64.0 Å². The first-order valence-electron chi connectivity index (χ1n) is 13.4. The summed E-state index contributed by atoms with van der Waals surface area (Å²) in [5.41, 5.74) is -2.89. The van der Waals surface area contributed by atoms with Crippen molar-refractivity contribution in [3.8, 4) is 0 Å². The van der Waals surface area contributed by atoms with Crippen LogP contribution in [0.25, 0.3) is 0 Å². The summed E-state index contributed by atoms with van der Waals surface area (Å²) in [6, 6.07) is 14.2. The molecule has 0 bridgehead atoms. The monoisotopic (exact) mass is 656 g/mol. The predicted molar refractivity (Wildman–Crippen MR) is 157 cm³/mol. The van der Waals surface area contributed by atoms with Crippen LogP contribution >= 0.6 is 0 Å². The number of nitrogens with zero attached hydrogens (tertiary/aromatic N) is 1. The molecule has 2 heterocycles. The van der Waals surface area contributed by atoms with Crippen molar-refractivity contribution >= 4 is 43.9 Å². The predicted octanol–water partition coefficient (Wildman–Crippen LogP) is 3.53. The van der Waals surface area contributed by atoms with E-state index in [2.05, 4.69) is 4.98 Å². The van der Waals surface area contributed by atoms with Gasteiger partial charge < -0.3 is 19.3 Å². The van der Waals surface area contributed by atoms with E-state index in [1.54, 1.807) is 12.1 Å². The van der Waals surface area contributed by atoms with E-state index in [-0.39, 0.29) is 40.4 Å². The fourth-order valence-corrected chi connectivity index (χ4v) is 7.99. The fourth-order valence-electron chi connectivity index (χ4n) is 4.67. The maximum atomic E-state index is 13.8. The van der Waals surface area contributed by atoms with E-state index in [9.17, 15) is 36.0 Å². The lowest BCUT2D eigenvalue weighted by atomic mass is 10.2. The summed E-state index contributed by atoms with van der Waals surface area (Å²) in [5, 5.41) is 0. The van der Waals surface area contributed by atoms with E-state index >= 15 is 0 Å². The van der Waals surface area contributed by atoms with E-state index in [4.69, 9.17) is 14.3 Å². The van der Waals surface area contributed by atoms with Crippen molar-refractivity contribution in [2.24, 2.45) is 0 Å². The number of carbonyl (C=O) groups excluding carboxylic acids is 4. The van der Waals surface area contributed by atoms with Crippen molar-refractivity contribution in [1.29, 1.82) is 0 Å².